The molecule has 0 unspecified atom stereocenters. The molecule has 2 heterocycles. The van der Waals surface area contributed by atoms with E-state index in [4.69, 9.17) is 16.7 Å². The molecule has 1 aromatic rings. The Hall–Kier alpha value is -0.940. The van der Waals surface area contributed by atoms with Crippen LogP contribution < -0.4 is 4.90 Å². The average Bonchev–Trinajstić information content (AvgIpc) is 2.32. The maximum Gasteiger partial charge on any atom is 0.224 e. The topological polar surface area (TPSA) is 49.2 Å². The summed E-state index contributed by atoms with van der Waals surface area (Å²) < 4.78 is 13.5. The van der Waals surface area contributed by atoms with Gasteiger partial charge in [-0.05, 0) is 30.4 Å². The molecule has 0 amide bonds. The second kappa shape index (κ2) is 4.93. The standard InChI is InChI=1S/C10H13ClFN3O/c11-10-13-5-8(12)9(14-10)15-3-1-7(6-16)2-4-15/h5,7,16H,1-4,6H2. The molecule has 0 saturated carbocycles. The van der Waals surface area contributed by atoms with Crippen LogP contribution in [0.3, 0.4) is 0 Å². The van der Waals surface area contributed by atoms with Crippen LogP contribution in [0.2, 0.25) is 5.28 Å². The van der Waals surface area contributed by atoms with E-state index in [1.807, 2.05) is 4.90 Å². The third-order valence-electron chi connectivity index (χ3n) is 2.87. The zero-order valence-electron chi connectivity index (χ0n) is 8.74. The second-order valence-electron chi connectivity index (χ2n) is 3.92. The van der Waals surface area contributed by atoms with Gasteiger partial charge in [0.15, 0.2) is 11.6 Å². The Kier molecular flexibility index (Phi) is 3.56. The predicted octanol–water partition coefficient (Wildman–Crippen LogP) is 1.48. The molecule has 0 spiro atoms. The minimum absolute atomic E-state index is 0.0562. The lowest BCUT2D eigenvalue weighted by atomic mass is 9.98. The van der Waals surface area contributed by atoms with Crippen molar-refractivity contribution in [3.63, 3.8) is 0 Å². The first-order chi connectivity index (χ1) is 7.70. The zero-order valence-corrected chi connectivity index (χ0v) is 9.49. The number of aliphatic hydroxyl groups excluding tert-OH is 1. The molecule has 1 aromatic heterocycles. The molecule has 88 valence electrons. The number of hydrogen-bond donors (Lipinski definition) is 1. The minimum atomic E-state index is -0.452. The van der Waals surface area contributed by atoms with Gasteiger partial charge in [0.2, 0.25) is 5.28 Å². The summed E-state index contributed by atoms with van der Waals surface area (Å²) in [7, 11) is 0. The molecule has 4 nitrogen and oxygen atoms in total. The maximum absolute atomic E-state index is 13.5. The average molecular weight is 246 g/mol. The number of anilines is 1. The highest BCUT2D eigenvalue weighted by Gasteiger charge is 2.22. The number of piperidine rings is 1. The van der Waals surface area contributed by atoms with Crippen LogP contribution in [0.4, 0.5) is 10.2 Å². The molecular weight excluding hydrogens is 233 g/mol. The van der Waals surface area contributed by atoms with E-state index < -0.39 is 5.82 Å². The fraction of sp³-hybridized carbons (Fsp3) is 0.600. The van der Waals surface area contributed by atoms with E-state index in [0.29, 0.717) is 19.0 Å². The van der Waals surface area contributed by atoms with E-state index in [2.05, 4.69) is 9.97 Å². The third kappa shape index (κ3) is 2.41. The Bertz CT molecular complexity index is 369. The van der Waals surface area contributed by atoms with Gasteiger partial charge in [0.25, 0.3) is 0 Å². The molecule has 16 heavy (non-hydrogen) atoms. The van der Waals surface area contributed by atoms with Crippen LogP contribution in [0.5, 0.6) is 0 Å². The predicted molar refractivity (Wildman–Crippen MR) is 59.0 cm³/mol. The van der Waals surface area contributed by atoms with Crippen molar-refractivity contribution in [1.82, 2.24) is 9.97 Å². The highest BCUT2D eigenvalue weighted by atomic mass is 35.5. The summed E-state index contributed by atoms with van der Waals surface area (Å²) in [5.41, 5.74) is 0. The van der Waals surface area contributed by atoms with Crippen LogP contribution in [0.1, 0.15) is 12.8 Å². The molecule has 1 fully saturated rings. The Morgan fingerprint density at radius 1 is 1.50 bits per heavy atom. The molecule has 0 aliphatic carbocycles. The number of aliphatic hydroxyl groups is 1. The van der Waals surface area contributed by atoms with Crippen molar-refractivity contribution in [2.24, 2.45) is 5.92 Å². The van der Waals surface area contributed by atoms with Crippen molar-refractivity contribution in [2.75, 3.05) is 24.6 Å². The fourth-order valence-electron chi connectivity index (χ4n) is 1.89. The van der Waals surface area contributed by atoms with Gasteiger partial charge in [-0.15, -0.1) is 0 Å². The van der Waals surface area contributed by atoms with Crippen LogP contribution in [-0.4, -0.2) is 34.8 Å². The Morgan fingerprint density at radius 3 is 2.81 bits per heavy atom. The Labute approximate surface area is 98.1 Å². The van der Waals surface area contributed by atoms with Gasteiger partial charge in [0.1, 0.15) is 0 Å². The molecule has 2 rings (SSSR count). The molecule has 1 N–H and O–H groups in total. The summed E-state index contributed by atoms with van der Waals surface area (Å²) in [5.74, 6) is 0.125. The second-order valence-corrected chi connectivity index (χ2v) is 4.26. The normalized spacial score (nSPS) is 17.8. The van der Waals surface area contributed by atoms with Crippen molar-refractivity contribution in [2.45, 2.75) is 12.8 Å². The van der Waals surface area contributed by atoms with Crippen LogP contribution in [0.25, 0.3) is 0 Å². The SMILES string of the molecule is OCC1CCN(c2nc(Cl)ncc2F)CC1. The number of nitrogens with zero attached hydrogens (tertiary/aromatic N) is 3. The van der Waals surface area contributed by atoms with Crippen molar-refractivity contribution in [3.05, 3.63) is 17.3 Å². The third-order valence-corrected chi connectivity index (χ3v) is 3.05. The van der Waals surface area contributed by atoms with Gasteiger partial charge in [0.05, 0.1) is 6.20 Å². The summed E-state index contributed by atoms with van der Waals surface area (Å²) >= 11 is 5.64. The van der Waals surface area contributed by atoms with Crippen molar-refractivity contribution in [1.29, 1.82) is 0 Å². The number of rotatable bonds is 2. The quantitative estimate of drug-likeness (QED) is 0.802. The van der Waals surface area contributed by atoms with Gasteiger partial charge in [-0.2, -0.15) is 4.98 Å². The Morgan fingerprint density at radius 2 is 2.19 bits per heavy atom. The summed E-state index contributed by atoms with van der Waals surface area (Å²) in [6.07, 6.45) is 2.78. The molecule has 1 saturated heterocycles. The van der Waals surface area contributed by atoms with Gasteiger partial charge in [0, 0.05) is 19.7 Å². The number of halogens is 2. The zero-order chi connectivity index (χ0) is 11.5. The lowest BCUT2D eigenvalue weighted by molar-refractivity contribution is 0.202. The van der Waals surface area contributed by atoms with Gasteiger partial charge in [-0.25, -0.2) is 9.37 Å². The molecule has 1 aliphatic rings. The largest absolute Gasteiger partial charge is 0.396 e. The lowest BCUT2D eigenvalue weighted by Crippen LogP contribution is -2.35. The Balaban J connectivity index is 2.10. The van der Waals surface area contributed by atoms with Crippen molar-refractivity contribution in [3.8, 4) is 0 Å². The smallest absolute Gasteiger partial charge is 0.224 e. The molecule has 0 aromatic carbocycles. The van der Waals surface area contributed by atoms with E-state index in [1.54, 1.807) is 0 Å². The van der Waals surface area contributed by atoms with Crippen molar-refractivity contribution < 1.29 is 9.50 Å². The molecule has 0 radical (unpaired) electrons. The fourth-order valence-corrected chi connectivity index (χ4v) is 2.02. The first-order valence-corrected chi connectivity index (χ1v) is 5.62. The van der Waals surface area contributed by atoms with E-state index in [9.17, 15) is 4.39 Å². The molecule has 6 heteroatoms. The van der Waals surface area contributed by atoms with Crippen LogP contribution in [-0.2, 0) is 0 Å². The summed E-state index contributed by atoms with van der Waals surface area (Å²) in [4.78, 5) is 9.31. The molecular formula is C10H13ClFN3O. The van der Waals surface area contributed by atoms with Gasteiger partial charge < -0.3 is 10.0 Å². The molecule has 1 aliphatic heterocycles. The monoisotopic (exact) mass is 245 g/mol. The number of aromatic nitrogens is 2. The first-order valence-electron chi connectivity index (χ1n) is 5.24. The van der Waals surface area contributed by atoms with Crippen LogP contribution >= 0.6 is 11.6 Å². The van der Waals surface area contributed by atoms with E-state index >= 15 is 0 Å². The number of hydrogen-bond acceptors (Lipinski definition) is 4. The summed E-state index contributed by atoms with van der Waals surface area (Å²) in [6.45, 7) is 1.58. The van der Waals surface area contributed by atoms with Crippen LogP contribution in [0, 0.1) is 11.7 Å². The lowest BCUT2D eigenvalue weighted by Gasteiger charge is -2.31. The van der Waals surface area contributed by atoms with Gasteiger partial charge in [-0.3, -0.25) is 0 Å². The molecule has 0 bridgehead atoms. The summed E-state index contributed by atoms with van der Waals surface area (Å²) in [6, 6.07) is 0. The van der Waals surface area contributed by atoms with Gasteiger partial charge in [-0.1, -0.05) is 0 Å². The minimum Gasteiger partial charge on any atom is -0.396 e. The first kappa shape index (κ1) is 11.5. The summed E-state index contributed by atoms with van der Waals surface area (Å²) in [5, 5.41) is 9.06. The van der Waals surface area contributed by atoms with E-state index in [0.717, 1.165) is 19.0 Å². The highest BCUT2D eigenvalue weighted by Crippen LogP contribution is 2.24. The van der Waals surface area contributed by atoms with E-state index in [1.165, 1.54) is 0 Å². The van der Waals surface area contributed by atoms with E-state index in [-0.39, 0.29) is 17.7 Å². The van der Waals surface area contributed by atoms with Gasteiger partial charge >= 0.3 is 0 Å². The van der Waals surface area contributed by atoms with Crippen LogP contribution in [0.15, 0.2) is 6.20 Å². The maximum atomic E-state index is 13.5. The highest BCUT2D eigenvalue weighted by molar-refractivity contribution is 6.28. The van der Waals surface area contributed by atoms with Crippen molar-refractivity contribution >= 4 is 17.4 Å². The molecule has 0 atom stereocenters.